The van der Waals surface area contributed by atoms with Crippen LogP contribution in [0.15, 0.2) is 60.7 Å². The van der Waals surface area contributed by atoms with E-state index in [0.717, 1.165) is 10.4 Å². The van der Waals surface area contributed by atoms with Crippen LogP contribution in [0.5, 0.6) is 0 Å². The van der Waals surface area contributed by atoms with Gasteiger partial charge in [0.2, 0.25) is 0 Å². The van der Waals surface area contributed by atoms with Crippen LogP contribution >= 0.6 is 0 Å². The summed E-state index contributed by atoms with van der Waals surface area (Å²) < 4.78 is 23.2. The molecule has 11 heteroatoms. The molecule has 2 aromatic carbocycles. The molecule has 0 aliphatic heterocycles. The van der Waals surface area contributed by atoms with E-state index in [4.69, 9.17) is 34.0 Å². The second-order valence-corrected chi connectivity index (χ2v) is 14.4. The maximum atomic E-state index is 11.1. The third kappa shape index (κ3) is 8.74. The number of aliphatic carboxylic acids is 3. The van der Waals surface area contributed by atoms with Crippen molar-refractivity contribution in [2.45, 2.75) is 25.8 Å². The van der Waals surface area contributed by atoms with Gasteiger partial charge in [0.15, 0.2) is 0 Å². The van der Waals surface area contributed by atoms with Crippen molar-refractivity contribution >= 4 is 36.6 Å². The second-order valence-electron chi connectivity index (χ2n) is 10.1. The Morgan fingerprint density at radius 2 is 0.974 bits per heavy atom. The van der Waals surface area contributed by atoms with Crippen LogP contribution in [0.4, 0.5) is 0 Å². The van der Waals surface area contributed by atoms with Gasteiger partial charge in [0.1, 0.15) is 19.8 Å². The molecule has 208 valence electrons. The molecule has 2 aromatic rings. The molecule has 0 spiro atoms. The summed E-state index contributed by atoms with van der Waals surface area (Å²) >= 11 is 0. The Balaban J connectivity index is 2.56. The maximum absolute atomic E-state index is 11.1. The minimum absolute atomic E-state index is 0.0703. The van der Waals surface area contributed by atoms with Gasteiger partial charge in [0.05, 0.1) is 25.2 Å². The highest BCUT2D eigenvalue weighted by Crippen LogP contribution is 2.38. The SMILES string of the molecule is CC(C)(C)[Si](OCC(COCC(=O)O)(COCC(=O)O)COCC(=O)O)(c1ccccc1)c1ccccc1. The number of carboxylic acid groups (broad SMARTS) is 3. The summed E-state index contributed by atoms with van der Waals surface area (Å²) in [6.45, 7) is 3.68. The van der Waals surface area contributed by atoms with Crippen LogP contribution in [0.1, 0.15) is 20.8 Å². The molecule has 0 amide bonds. The molecule has 0 heterocycles. The largest absolute Gasteiger partial charge is 0.480 e. The zero-order valence-electron chi connectivity index (χ0n) is 21.9. The zero-order valence-corrected chi connectivity index (χ0v) is 22.9. The van der Waals surface area contributed by atoms with E-state index in [-0.39, 0.29) is 31.5 Å². The van der Waals surface area contributed by atoms with E-state index in [1.165, 1.54) is 0 Å². The van der Waals surface area contributed by atoms with Crippen LogP contribution in [-0.2, 0) is 33.0 Å². The Morgan fingerprint density at radius 3 is 1.26 bits per heavy atom. The van der Waals surface area contributed by atoms with Crippen molar-refractivity contribution in [1.29, 1.82) is 0 Å². The Bertz CT molecular complexity index is 947. The summed E-state index contributed by atoms with van der Waals surface area (Å²) in [5.74, 6) is -3.57. The summed E-state index contributed by atoms with van der Waals surface area (Å²) in [5.41, 5.74) is -1.20. The van der Waals surface area contributed by atoms with E-state index in [1.807, 2.05) is 60.7 Å². The van der Waals surface area contributed by atoms with Crippen molar-refractivity contribution in [3.05, 3.63) is 60.7 Å². The molecule has 0 radical (unpaired) electrons. The monoisotopic (exact) mass is 548 g/mol. The molecule has 38 heavy (non-hydrogen) atoms. The lowest BCUT2D eigenvalue weighted by Gasteiger charge is -2.45. The predicted molar refractivity (Wildman–Crippen MR) is 141 cm³/mol. The third-order valence-electron chi connectivity index (χ3n) is 5.91. The molecule has 0 saturated carbocycles. The highest BCUT2D eigenvalue weighted by atomic mass is 28.4. The molecule has 0 saturated heterocycles. The third-order valence-corrected chi connectivity index (χ3v) is 10.9. The zero-order chi connectivity index (χ0) is 28.2. The molecule has 10 nitrogen and oxygen atoms in total. The van der Waals surface area contributed by atoms with Crippen molar-refractivity contribution < 1.29 is 48.3 Å². The molecule has 0 atom stereocenters. The topological polar surface area (TPSA) is 149 Å². The molecule has 0 aliphatic rings. The first-order chi connectivity index (χ1) is 17.9. The van der Waals surface area contributed by atoms with Gasteiger partial charge in [-0.25, -0.2) is 14.4 Å². The summed E-state index contributed by atoms with van der Waals surface area (Å²) in [6.07, 6.45) is 0. The molecule has 0 unspecified atom stereocenters. The fraction of sp³-hybridized carbons (Fsp3) is 0.444. The smallest absolute Gasteiger partial charge is 0.329 e. The van der Waals surface area contributed by atoms with E-state index in [1.54, 1.807) is 0 Å². The molecule has 0 aromatic heterocycles. The summed E-state index contributed by atoms with van der Waals surface area (Å²) in [5, 5.41) is 28.9. The van der Waals surface area contributed by atoms with Crippen LogP contribution < -0.4 is 10.4 Å². The Hall–Kier alpha value is -3.09. The van der Waals surface area contributed by atoms with Crippen LogP contribution in [-0.4, -0.2) is 87.8 Å². The normalized spacial score (nSPS) is 12.3. The second kappa shape index (κ2) is 14.2. The average Bonchev–Trinajstić information content (AvgIpc) is 2.84. The van der Waals surface area contributed by atoms with Crippen LogP contribution in [0.3, 0.4) is 0 Å². The van der Waals surface area contributed by atoms with E-state index < -0.39 is 51.5 Å². The van der Waals surface area contributed by atoms with Crippen LogP contribution in [0.25, 0.3) is 0 Å². The average molecular weight is 549 g/mol. The fourth-order valence-corrected chi connectivity index (χ4v) is 9.02. The van der Waals surface area contributed by atoms with E-state index in [2.05, 4.69) is 20.8 Å². The number of rotatable bonds is 17. The number of hydrogen-bond acceptors (Lipinski definition) is 7. The quantitative estimate of drug-likeness (QED) is 0.250. The first-order valence-electron chi connectivity index (χ1n) is 12.1. The minimum atomic E-state index is -3.06. The Kier molecular flexibility index (Phi) is 11.6. The number of ether oxygens (including phenoxy) is 3. The van der Waals surface area contributed by atoms with Gasteiger partial charge in [-0.15, -0.1) is 0 Å². The number of carbonyl (C=O) groups is 3. The van der Waals surface area contributed by atoms with Gasteiger partial charge < -0.3 is 34.0 Å². The Morgan fingerprint density at radius 1 is 0.632 bits per heavy atom. The van der Waals surface area contributed by atoms with Crippen LogP contribution in [0.2, 0.25) is 5.04 Å². The van der Waals surface area contributed by atoms with Crippen molar-refractivity contribution in [2.75, 3.05) is 46.2 Å². The lowest BCUT2D eigenvalue weighted by Crippen LogP contribution is -2.67. The molecule has 0 fully saturated rings. The number of carboxylic acids is 3. The molecule has 0 bridgehead atoms. The molecular weight excluding hydrogens is 512 g/mol. The standard InChI is InChI=1S/C27H36O10Si/c1-26(2,3)38(21-10-6-4-7-11-21,22-12-8-5-9-13-22)37-20-27(17-34-14-23(28)29,18-35-15-24(30)31)19-36-16-25(32)33/h4-13H,14-20H2,1-3H3,(H,28,29)(H,30,31)(H,32,33). The first-order valence-corrected chi connectivity index (χ1v) is 14.0. The van der Waals surface area contributed by atoms with Gasteiger partial charge in [-0.2, -0.15) is 0 Å². The molecule has 2 rings (SSSR count). The minimum Gasteiger partial charge on any atom is -0.480 e. The number of hydrogen-bond donors (Lipinski definition) is 3. The van der Waals surface area contributed by atoms with E-state index in [0.29, 0.717) is 0 Å². The summed E-state index contributed by atoms with van der Waals surface area (Å²) in [4.78, 5) is 33.4. The maximum Gasteiger partial charge on any atom is 0.329 e. The predicted octanol–water partition coefficient (Wildman–Crippen LogP) is 1.85. The van der Waals surface area contributed by atoms with Gasteiger partial charge in [-0.1, -0.05) is 81.4 Å². The van der Waals surface area contributed by atoms with Gasteiger partial charge in [-0.05, 0) is 15.4 Å². The van der Waals surface area contributed by atoms with Crippen molar-refractivity contribution in [1.82, 2.24) is 0 Å². The van der Waals surface area contributed by atoms with Crippen molar-refractivity contribution in [3.63, 3.8) is 0 Å². The lowest BCUT2D eigenvalue weighted by molar-refractivity contribution is -0.153. The number of benzene rings is 2. The van der Waals surface area contributed by atoms with Gasteiger partial charge in [-0.3, -0.25) is 0 Å². The van der Waals surface area contributed by atoms with Crippen LogP contribution in [0, 0.1) is 5.41 Å². The molecule has 0 aliphatic carbocycles. The Labute approximate surface area is 223 Å². The van der Waals surface area contributed by atoms with Crippen molar-refractivity contribution in [3.8, 4) is 0 Å². The van der Waals surface area contributed by atoms with E-state index >= 15 is 0 Å². The highest BCUT2D eigenvalue weighted by Gasteiger charge is 2.51. The highest BCUT2D eigenvalue weighted by molar-refractivity contribution is 6.99. The summed E-state index contributed by atoms with van der Waals surface area (Å²) in [7, 11) is -3.06. The first kappa shape index (κ1) is 31.1. The van der Waals surface area contributed by atoms with Crippen molar-refractivity contribution in [2.24, 2.45) is 5.41 Å². The summed E-state index contributed by atoms with van der Waals surface area (Å²) in [6, 6.07) is 19.6. The van der Waals surface area contributed by atoms with Gasteiger partial charge in [0, 0.05) is 6.61 Å². The van der Waals surface area contributed by atoms with Gasteiger partial charge >= 0.3 is 17.9 Å². The molecule has 3 N–H and O–H groups in total. The molecular formula is C27H36O10Si. The van der Waals surface area contributed by atoms with E-state index in [9.17, 15) is 14.4 Å². The lowest BCUT2D eigenvalue weighted by atomic mass is 9.92. The van der Waals surface area contributed by atoms with Gasteiger partial charge in [0.25, 0.3) is 8.32 Å². The fourth-order valence-electron chi connectivity index (χ4n) is 4.34.